The van der Waals surface area contributed by atoms with E-state index in [0.717, 1.165) is 16.9 Å². The summed E-state index contributed by atoms with van der Waals surface area (Å²) >= 11 is 12.0. The quantitative estimate of drug-likeness (QED) is 0.761. The van der Waals surface area contributed by atoms with Crippen LogP contribution in [0.3, 0.4) is 0 Å². The van der Waals surface area contributed by atoms with E-state index >= 15 is 0 Å². The zero-order valence-corrected chi connectivity index (χ0v) is 11.9. The van der Waals surface area contributed by atoms with Crippen LogP contribution in [0.25, 0.3) is 16.9 Å². The van der Waals surface area contributed by atoms with Crippen LogP contribution in [0.15, 0.2) is 54.6 Å². The maximum absolute atomic E-state index is 6.02. The molecule has 3 aromatic rings. The molecule has 3 nitrogen and oxygen atoms in total. The molecule has 0 fully saturated rings. The van der Waals surface area contributed by atoms with Crippen molar-refractivity contribution in [2.75, 3.05) is 5.73 Å². The Morgan fingerprint density at radius 1 is 0.900 bits per heavy atom. The number of hydrogen-bond donors (Lipinski definition) is 1. The van der Waals surface area contributed by atoms with Gasteiger partial charge in [-0.3, -0.25) is 0 Å². The summed E-state index contributed by atoms with van der Waals surface area (Å²) in [4.78, 5) is 0. The van der Waals surface area contributed by atoms with Crippen molar-refractivity contribution < 1.29 is 0 Å². The number of aromatic nitrogens is 2. The van der Waals surface area contributed by atoms with E-state index in [0.29, 0.717) is 15.9 Å². The summed E-state index contributed by atoms with van der Waals surface area (Å²) in [6, 6.07) is 16.8. The maximum atomic E-state index is 6.02. The number of anilines is 1. The lowest BCUT2D eigenvalue weighted by Gasteiger charge is -2.03. The first-order valence-electron chi connectivity index (χ1n) is 6.01. The van der Waals surface area contributed by atoms with Crippen molar-refractivity contribution >= 4 is 29.0 Å². The normalized spacial score (nSPS) is 10.7. The standard InChI is InChI=1S/C15H11Cl2N3/c16-11-6-10(7-12(17)8-11)14-9-15(18)20(19-14)13-4-2-1-3-5-13/h1-9H,18H2. The van der Waals surface area contributed by atoms with Crippen LogP contribution in [0.5, 0.6) is 0 Å². The summed E-state index contributed by atoms with van der Waals surface area (Å²) in [6.07, 6.45) is 0. The van der Waals surface area contributed by atoms with Gasteiger partial charge in [0, 0.05) is 21.7 Å². The molecule has 0 bridgehead atoms. The minimum absolute atomic E-state index is 0.558. The predicted octanol–water partition coefficient (Wildman–Crippen LogP) is 4.43. The van der Waals surface area contributed by atoms with Crippen LogP contribution < -0.4 is 5.73 Å². The van der Waals surface area contributed by atoms with Crippen LogP contribution in [-0.2, 0) is 0 Å². The third-order valence-electron chi connectivity index (χ3n) is 2.90. The second kappa shape index (κ2) is 5.19. The monoisotopic (exact) mass is 303 g/mol. The number of nitrogen functional groups attached to an aromatic ring is 1. The fourth-order valence-corrected chi connectivity index (χ4v) is 2.54. The maximum Gasteiger partial charge on any atom is 0.127 e. The van der Waals surface area contributed by atoms with E-state index in [4.69, 9.17) is 28.9 Å². The van der Waals surface area contributed by atoms with Crippen molar-refractivity contribution in [2.24, 2.45) is 0 Å². The number of halogens is 2. The summed E-state index contributed by atoms with van der Waals surface area (Å²) in [5, 5.41) is 5.65. The Labute approximate surface area is 126 Å². The first-order valence-corrected chi connectivity index (χ1v) is 6.76. The van der Waals surface area contributed by atoms with Gasteiger partial charge in [0.05, 0.1) is 11.4 Å². The van der Waals surface area contributed by atoms with Crippen LogP contribution in [-0.4, -0.2) is 9.78 Å². The smallest absolute Gasteiger partial charge is 0.127 e. The van der Waals surface area contributed by atoms with Gasteiger partial charge >= 0.3 is 0 Å². The lowest BCUT2D eigenvalue weighted by atomic mass is 10.1. The number of nitrogens with zero attached hydrogens (tertiary/aromatic N) is 2. The van der Waals surface area contributed by atoms with Crippen molar-refractivity contribution in [3.8, 4) is 16.9 Å². The molecular formula is C15H11Cl2N3. The van der Waals surface area contributed by atoms with Gasteiger partial charge in [0.1, 0.15) is 5.82 Å². The minimum Gasteiger partial charge on any atom is -0.384 e. The van der Waals surface area contributed by atoms with Gasteiger partial charge in [-0.2, -0.15) is 5.10 Å². The highest BCUT2D eigenvalue weighted by molar-refractivity contribution is 6.35. The summed E-state index contributed by atoms with van der Waals surface area (Å²) < 4.78 is 1.68. The second-order valence-corrected chi connectivity index (χ2v) is 5.23. The van der Waals surface area contributed by atoms with E-state index in [-0.39, 0.29) is 0 Å². The van der Waals surface area contributed by atoms with E-state index in [1.165, 1.54) is 0 Å². The first-order chi connectivity index (χ1) is 9.63. The Bertz CT molecular complexity index is 731. The molecule has 1 heterocycles. The van der Waals surface area contributed by atoms with Crippen molar-refractivity contribution in [2.45, 2.75) is 0 Å². The highest BCUT2D eigenvalue weighted by Gasteiger charge is 2.10. The number of para-hydroxylation sites is 1. The van der Waals surface area contributed by atoms with Crippen molar-refractivity contribution in [3.05, 3.63) is 64.6 Å². The largest absolute Gasteiger partial charge is 0.384 e. The average Bonchev–Trinajstić information content (AvgIpc) is 2.81. The summed E-state index contributed by atoms with van der Waals surface area (Å²) in [5.41, 5.74) is 8.50. The fraction of sp³-hybridized carbons (Fsp3) is 0. The van der Waals surface area contributed by atoms with E-state index in [1.54, 1.807) is 16.8 Å². The second-order valence-electron chi connectivity index (χ2n) is 4.36. The Morgan fingerprint density at radius 3 is 2.20 bits per heavy atom. The molecular weight excluding hydrogens is 293 g/mol. The molecule has 20 heavy (non-hydrogen) atoms. The molecule has 3 rings (SSSR count). The molecule has 2 aromatic carbocycles. The number of benzene rings is 2. The molecule has 0 aliphatic heterocycles. The molecule has 0 saturated heterocycles. The molecule has 0 aliphatic rings. The molecule has 5 heteroatoms. The average molecular weight is 304 g/mol. The SMILES string of the molecule is Nc1cc(-c2cc(Cl)cc(Cl)c2)nn1-c1ccccc1. The van der Waals surface area contributed by atoms with E-state index < -0.39 is 0 Å². The van der Waals surface area contributed by atoms with Gasteiger partial charge in [-0.05, 0) is 30.3 Å². The molecule has 0 atom stereocenters. The number of nitrogens with two attached hydrogens (primary N) is 1. The Morgan fingerprint density at radius 2 is 1.55 bits per heavy atom. The van der Waals surface area contributed by atoms with Gasteiger partial charge in [0.15, 0.2) is 0 Å². The van der Waals surface area contributed by atoms with E-state index in [9.17, 15) is 0 Å². The Kier molecular flexibility index (Phi) is 3.38. The molecule has 0 unspecified atom stereocenters. The summed E-state index contributed by atoms with van der Waals surface area (Å²) in [6.45, 7) is 0. The molecule has 0 amide bonds. The number of hydrogen-bond acceptors (Lipinski definition) is 2. The first kappa shape index (κ1) is 13.0. The van der Waals surface area contributed by atoms with E-state index in [2.05, 4.69) is 5.10 Å². The number of rotatable bonds is 2. The molecule has 0 saturated carbocycles. The van der Waals surface area contributed by atoms with Crippen molar-refractivity contribution in [3.63, 3.8) is 0 Å². The summed E-state index contributed by atoms with van der Waals surface area (Å²) in [5.74, 6) is 0.558. The zero-order valence-electron chi connectivity index (χ0n) is 10.4. The van der Waals surface area contributed by atoms with Gasteiger partial charge in [-0.25, -0.2) is 4.68 Å². The van der Waals surface area contributed by atoms with Crippen LogP contribution in [0, 0.1) is 0 Å². The van der Waals surface area contributed by atoms with Gasteiger partial charge in [-0.15, -0.1) is 0 Å². The third-order valence-corrected chi connectivity index (χ3v) is 3.33. The highest BCUT2D eigenvalue weighted by Crippen LogP contribution is 2.28. The summed E-state index contributed by atoms with van der Waals surface area (Å²) in [7, 11) is 0. The van der Waals surface area contributed by atoms with Crippen LogP contribution >= 0.6 is 23.2 Å². The van der Waals surface area contributed by atoms with Gasteiger partial charge in [0.2, 0.25) is 0 Å². The van der Waals surface area contributed by atoms with Crippen LogP contribution in [0.1, 0.15) is 0 Å². The third kappa shape index (κ3) is 2.50. The minimum atomic E-state index is 0.558. The zero-order chi connectivity index (χ0) is 14.1. The molecule has 0 aliphatic carbocycles. The Balaban J connectivity index is 2.09. The van der Waals surface area contributed by atoms with E-state index in [1.807, 2.05) is 42.5 Å². The van der Waals surface area contributed by atoms with Crippen LogP contribution in [0.4, 0.5) is 5.82 Å². The molecule has 2 N–H and O–H groups in total. The molecule has 100 valence electrons. The molecule has 0 spiro atoms. The lowest BCUT2D eigenvalue weighted by molar-refractivity contribution is 0.895. The molecule has 1 aromatic heterocycles. The highest BCUT2D eigenvalue weighted by atomic mass is 35.5. The van der Waals surface area contributed by atoms with Gasteiger partial charge < -0.3 is 5.73 Å². The topological polar surface area (TPSA) is 43.8 Å². The lowest BCUT2D eigenvalue weighted by Crippen LogP contribution is -2.01. The predicted molar refractivity (Wildman–Crippen MR) is 83.4 cm³/mol. The Hall–Kier alpha value is -1.97. The van der Waals surface area contributed by atoms with Crippen molar-refractivity contribution in [1.29, 1.82) is 0 Å². The van der Waals surface area contributed by atoms with Crippen molar-refractivity contribution in [1.82, 2.24) is 9.78 Å². The fourth-order valence-electron chi connectivity index (χ4n) is 2.01. The van der Waals surface area contributed by atoms with Crippen LogP contribution in [0.2, 0.25) is 10.0 Å². The van der Waals surface area contributed by atoms with Gasteiger partial charge in [0.25, 0.3) is 0 Å². The molecule has 0 radical (unpaired) electrons. The van der Waals surface area contributed by atoms with Gasteiger partial charge in [-0.1, -0.05) is 41.4 Å².